The molecule has 110 valence electrons. The lowest BCUT2D eigenvalue weighted by atomic mass is 9.77. The minimum atomic E-state index is 0.541. The molecule has 1 heterocycles. The molecule has 0 aromatic heterocycles. The number of aryl methyl sites for hydroxylation is 1. The first-order chi connectivity index (χ1) is 9.79. The van der Waals surface area contributed by atoms with Crippen molar-refractivity contribution in [3.8, 4) is 0 Å². The Morgan fingerprint density at radius 2 is 2.10 bits per heavy atom. The maximum atomic E-state index is 6.20. The SMILES string of the molecule is CC1CCCC(C(CN)N2CCCc3ccccc32)C1. The molecule has 0 radical (unpaired) electrons. The van der Waals surface area contributed by atoms with Gasteiger partial charge in [0.25, 0.3) is 0 Å². The van der Waals surface area contributed by atoms with Crippen LogP contribution < -0.4 is 10.6 Å². The first-order valence-corrected chi connectivity index (χ1v) is 8.34. The summed E-state index contributed by atoms with van der Waals surface area (Å²) in [7, 11) is 0. The van der Waals surface area contributed by atoms with E-state index in [9.17, 15) is 0 Å². The van der Waals surface area contributed by atoms with E-state index in [4.69, 9.17) is 5.73 Å². The van der Waals surface area contributed by atoms with E-state index in [-0.39, 0.29) is 0 Å². The predicted octanol–water partition coefficient (Wildman–Crippen LogP) is 3.59. The number of fused-ring (bicyclic) bond motifs is 1. The molecule has 1 aliphatic carbocycles. The molecule has 1 saturated carbocycles. The number of hydrogen-bond donors (Lipinski definition) is 1. The summed E-state index contributed by atoms with van der Waals surface area (Å²) in [5.74, 6) is 1.66. The fourth-order valence-corrected chi connectivity index (χ4v) is 4.31. The van der Waals surface area contributed by atoms with E-state index in [1.54, 1.807) is 0 Å². The van der Waals surface area contributed by atoms with Gasteiger partial charge in [-0.15, -0.1) is 0 Å². The molecular formula is C18H28N2. The van der Waals surface area contributed by atoms with E-state index < -0.39 is 0 Å². The Morgan fingerprint density at radius 3 is 2.90 bits per heavy atom. The van der Waals surface area contributed by atoms with Gasteiger partial charge in [0.15, 0.2) is 0 Å². The minimum Gasteiger partial charge on any atom is -0.367 e. The van der Waals surface area contributed by atoms with Gasteiger partial charge < -0.3 is 10.6 Å². The smallest absolute Gasteiger partial charge is 0.0440 e. The Kier molecular flexibility index (Phi) is 4.30. The van der Waals surface area contributed by atoms with Gasteiger partial charge in [0.1, 0.15) is 0 Å². The highest BCUT2D eigenvalue weighted by atomic mass is 15.2. The van der Waals surface area contributed by atoms with E-state index in [1.165, 1.54) is 56.3 Å². The standard InChI is InChI=1S/C18H28N2/c1-14-6-4-8-16(12-14)18(13-19)20-11-5-9-15-7-2-3-10-17(15)20/h2-3,7,10,14,16,18H,4-6,8-9,11-13,19H2,1H3. The fourth-order valence-electron chi connectivity index (χ4n) is 4.31. The van der Waals surface area contributed by atoms with Crippen molar-refractivity contribution in [2.75, 3.05) is 18.0 Å². The topological polar surface area (TPSA) is 29.3 Å². The van der Waals surface area contributed by atoms with Crippen LogP contribution in [-0.4, -0.2) is 19.1 Å². The Labute approximate surface area is 123 Å². The highest BCUT2D eigenvalue weighted by Gasteiger charge is 2.31. The molecule has 1 aromatic rings. The van der Waals surface area contributed by atoms with Gasteiger partial charge in [0, 0.05) is 24.8 Å². The largest absolute Gasteiger partial charge is 0.367 e. The van der Waals surface area contributed by atoms with Crippen molar-refractivity contribution >= 4 is 5.69 Å². The van der Waals surface area contributed by atoms with Crippen LogP contribution in [0.2, 0.25) is 0 Å². The molecule has 2 N–H and O–H groups in total. The van der Waals surface area contributed by atoms with E-state index in [2.05, 4.69) is 36.1 Å². The predicted molar refractivity (Wildman–Crippen MR) is 86.1 cm³/mol. The van der Waals surface area contributed by atoms with Gasteiger partial charge in [-0.3, -0.25) is 0 Å². The van der Waals surface area contributed by atoms with Crippen LogP contribution in [0.5, 0.6) is 0 Å². The van der Waals surface area contributed by atoms with E-state index >= 15 is 0 Å². The normalized spacial score (nSPS) is 28.0. The van der Waals surface area contributed by atoms with Crippen LogP contribution in [0.1, 0.15) is 44.6 Å². The first kappa shape index (κ1) is 13.9. The highest BCUT2D eigenvalue weighted by Crippen LogP contribution is 2.36. The summed E-state index contributed by atoms with van der Waals surface area (Å²) in [5.41, 5.74) is 9.16. The molecule has 3 unspecified atom stereocenters. The summed E-state index contributed by atoms with van der Waals surface area (Å²) in [4.78, 5) is 2.63. The van der Waals surface area contributed by atoms with Crippen molar-refractivity contribution in [1.29, 1.82) is 0 Å². The molecule has 2 nitrogen and oxygen atoms in total. The molecule has 0 amide bonds. The molecule has 0 bridgehead atoms. The van der Waals surface area contributed by atoms with E-state index in [1.807, 2.05) is 0 Å². The molecule has 1 fully saturated rings. The number of benzene rings is 1. The van der Waals surface area contributed by atoms with Crippen molar-refractivity contribution in [3.05, 3.63) is 29.8 Å². The second-order valence-electron chi connectivity index (χ2n) is 6.76. The number of nitrogens with two attached hydrogens (primary N) is 1. The quantitative estimate of drug-likeness (QED) is 0.911. The van der Waals surface area contributed by atoms with Crippen molar-refractivity contribution in [2.45, 2.75) is 51.5 Å². The fraction of sp³-hybridized carbons (Fsp3) is 0.667. The molecular weight excluding hydrogens is 244 g/mol. The summed E-state index contributed by atoms with van der Waals surface area (Å²) < 4.78 is 0. The molecule has 2 aliphatic rings. The second kappa shape index (κ2) is 6.17. The number of rotatable bonds is 3. The maximum Gasteiger partial charge on any atom is 0.0440 e. The number of para-hydroxylation sites is 1. The Hall–Kier alpha value is -1.02. The molecule has 3 rings (SSSR count). The lowest BCUT2D eigenvalue weighted by molar-refractivity contribution is 0.240. The van der Waals surface area contributed by atoms with Crippen LogP contribution in [0, 0.1) is 11.8 Å². The number of hydrogen-bond acceptors (Lipinski definition) is 2. The number of anilines is 1. The Morgan fingerprint density at radius 1 is 1.25 bits per heavy atom. The summed E-state index contributed by atoms with van der Waals surface area (Å²) in [5, 5.41) is 0. The van der Waals surface area contributed by atoms with Gasteiger partial charge in [-0.1, -0.05) is 38.0 Å². The van der Waals surface area contributed by atoms with Gasteiger partial charge in [-0.25, -0.2) is 0 Å². The van der Waals surface area contributed by atoms with Crippen molar-refractivity contribution in [2.24, 2.45) is 17.6 Å². The van der Waals surface area contributed by atoms with Gasteiger partial charge in [-0.2, -0.15) is 0 Å². The summed E-state index contributed by atoms with van der Waals surface area (Å²) in [6.45, 7) is 4.39. The first-order valence-electron chi connectivity index (χ1n) is 8.34. The monoisotopic (exact) mass is 272 g/mol. The second-order valence-corrected chi connectivity index (χ2v) is 6.76. The van der Waals surface area contributed by atoms with Crippen molar-refractivity contribution in [3.63, 3.8) is 0 Å². The molecule has 2 heteroatoms. The van der Waals surface area contributed by atoms with E-state index in [0.717, 1.165) is 18.4 Å². The van der Waals surface area contributed by atoms with Crippen LogP contribution in [0.25, 0.3) is 0 Å². The maximum absolute atomic E-state index is 6.20. The number of nitrogens with zero attached hydrogens (tertiary/aromatic N) is 1. The van der Waals surface area contributed by atoms with Gasteiger partial charge in [0.2, 0.25) is 0 Å². The summed E-state index contributed by atoms with van der Waals surface area (Å²) in [6, 6.07) is 9.47. The van der Waals surface area contributed by atoms with Crippen LogP contribution in [0.4, 0.5) is 5.69 Å². The Balaban J connectivity index is 1.83. The lowest BCUT2D eigenvalue weighted by Crippen LogP contribution is -2.49. The summed E-state index contributed by atoms with van der Waals surface area (Å²) >= 11 is 0. The zero-order valence-electron chi connectivity index (χ0n) is 12.7. The zero-order valence-corrected chi connectivity index (χ0v) is 12.7. The third-order valence-electron chi connectivity index (χ3n) is 5.31. The van der Waals surface area contributed by atoms with Gasteiger partial charge >= 0.3 is 0 Å². The third-order valence-corrected chi connectivity index (χ3v) is 5.31. The molecule has 1 aliphatic heterocycles. The van der Waals surface area contributed by atoms with Crippen LogP contribution in [-0.2, 0) is 6.42 Å². The Bertz CT molecular complexity index is 443. The van der Waals surface area contributed by atoms with Gasteiger partial charge in [0.05, 0.1) is 0 Å². The van der Waals surface area contributed by atoms with Gasteiger partial charge in [-0.05, 0) is 49.1 Å². The van der Waals surface area contributed by atoms with Crippen molar-refractivity contribution < 1.29 is 0 Å². The lowest BCUT2D eigenvalue weighted by Gasteiger charge is -2.43. The summed E-state index contributed by atoms with van der Waals surface area (Å²) in [6.07, 6.45) is 8.02. The molecule has 0 saturated heterocycles. The molecule has 1 aromatic carbocycles. The van der Waals surface area contributed by atoms with Crippen LogP contribution in [0.3, 0.4) is 0 Å². The van der Waals surface area contributed by atoms with E-state index in [0.29, 0.717) is 6.04 Å². The van der Waals surface area contributed by atoms with Crippen LogP contribution >= 0.6 is 0 Å². The molecule has 20 heavy (non-hydrogen) atoms. The highest BCUT2D eigenvalue weighted by molar-refractivity contribution is 5.56. The average molecular weight is 272 g/mol. The average Bonchev–Trinajstić information content (AvgIpc) is 2.48. The third kappa shape index (κ3) is 2.71. The minimum absolute atomic E-state index is 0.541. The zero-order chi connectivity index (χ0) is 13.9. The van der Waals surface area contributed by atoms with Crippen molar-refractivity contribution in [1.82, 2.24) is 0 Å². The molecule has 3 atom stereocenters. The molecule has 0 spiro atoms. The van der Waals surface area contributed by atoms with Crippen LogP contribution in [0.15, 0.2) is 24.3 Å².